The van der Waals surface area contributed by atoms with Crippen LogP contribution in [-0.4, -0.2) is 36.8 Å². The Morgan fingerprint density at radius 3 is 2.50 bits per heavy atom. The van der Waals surface area contributed by atoms with Gasteiger partial charge in [-0.3, -0.25) is 0 Å². The second kappa shape index (κ2) is 4.54. The van der Waals surface area contributed by atoms with Gasteiger partial charge in [-0.25, -0.2) is 9.97 Å². The van der Waals surface area contributed by atoms with Crippen LogP contribution in [0.15, 0.2) is 6.07 Å². The summed E-state index contributed by atoms with van der Waals surface area (Å²) in [4.78, 5) is 8.98. The number of aromatic nitrogens is 2. The average molecular weight is 234 g/mol. The summed E-state index contributed by atoms with van der Waals surface area (Å²) in [7, 11) is 2.99. The maximum atomic E-state index is 12.2. The summed E-state index contributed by atoms with van der Waals surface area (Å²) in [6.07, 6.45) is -4.24. The van der Waals surface area contributed by atoms with Gasteiger partial charge in [-0.15, -0.1) is 0 Å². The highest BCUT2D eigenvalue weighted by atomic mass is 19.4. The van der Waals surface area contributed by atoms with Crippen LogP contribution >= 0.6 is 0 Å². The molecule has 0 spiro atoms. The maximum Gasteiger partial charge on any atom is 0.405 e. The third kappa shape index (κ3) is 3.56. The molecule has 0 saturated carbocycles. The van der Waals surface area contributed by atoms with Crippen LogP contribution in [0.1, 0.15) is 5.82 Å². The molecule has 0 fully saturated rings. The molecule has 0 aromatic carbocycles. The number of anilines is 2. The van der Waals surface area contributed by atoms with Crippen molar-refractivity contribution in [2.24, 2.45) is 0 Å². The predicted octanol–water partition coefficient (Wildman–Crippen LogP) is 1.83. The lowest BCUT2D eigenvalue weighted by atomic mass is 10.4. The van der Waals surface area contributed by atoms with E-state index in [2.05, 4.69) is 15.3 Å². The second-order valence-electron chi connectivity index (χ2n) is 3.38. The normalized spacial score (nSPS) is 11.4. The third-order valence-electron chi connectivity index (χ3n) is 1.89. The summed E-state index contributed by atoms with van der Waals surface area (Å²) < 4.78 is 36.5. The Kier molecular flexibility index (Phi) is 3.56. The Labute approximate surface area is 91.5 Å². The molecule has 16 heavy (non-hydrogen) atoms. The van der Waals surface area contributed by atoms with Gasteiger partial charge in [0.25, 0.3) is 0 Å². The molecule has 1 aromatic rings. The zero-order valence-electron chi connectivity index (χ0n) is 9.26. The van der Waals surface area contributed by atoms with Gasteiger partial charge in [-0.05, 0) is 6.92 Å². The Morgan fingerprint density at radius 2 is 2.00 bits per heavy atom. The number of hydrogen-bond acceptors (Lipinski definition) is 4. The van der Waals surface area contributed by atoms with E-state index >= 15 is 0 Å². The van der Waals surface area contributed by atoms with Crippen molar-refractivity contribution in [2.45, 2.75) is 13.1 Å². The zero-order valence-corrected chi connectivity index (χ0v) is 9.26. The van der Waals surface area contributed by atoms with E-state index in [1.54, 1.807) is 14.0 Å². The Hall–Kier alpha value is -1.53. The number of hydrogen-bond donors (Lipinski definition) is 1. The first-order valence-corrected chi connectivity index (χ1v) is 4.63. The van der Waals surface area contributed by atoms with Crippen LogP contribution in [-0.2, 0) is 0 Å². The van der Waals surface area contributed by atoms with Crippen molar-refractivity contribution in [3.8, 4) is 0 Å². The van der Waals surface area contributed by atoms with Gasteiger partial charge in [0.15, 0.2) is 0 Å². The zero-order chi connectivity index (χ0) is 12.3. The molecular weight excluding hydrogens is 221 g/mol. The minimum absolute atomic E-state index is 0.245. The van der Waals surface area contributed by atoms with Gasteiger partial charge < -0.3 is 10.2 Å². The molecule has 1 heterocycles. The Morgan fingerprint density at radius 1 is 1.38 bits per heavy atom. The van der Waals surface area contributed by atoms with E-state index in [0.29, 0.717) is 11.6 Å². The highest BCUT2D eigenvalue weighted by molar-refractivity contribution is 5.48. The monoisotopic (exact) mass is 234 g/mol. The third-order valence-corrected chi connectivity index (χ3v) is 1.89. The first-order valence-electron chi connectivity index (χ1n) is 4.63. The quantitative estimate of drug-likeness (QED) is 0.866. The number of halogens is 3. The first kappa shape index (κ1) is 12.5. The molecule has 0 atom stereocenters. The van der Waals surface area contributed by atoms with Gasteiger partial charge in [-0.2, -0.15) is 13.2 Å². The minimum atomic E-state index is -4.24. The smallest absolute Gasteiger partial charge is 0.373 e. The first-order chi connectivity index (χ1) is 7.31. The summed E-state index contributed by atoms with van der Waals surface area (Å²) in [5.41, 5.74) is 0. The van der Waals surface area contributed by atoms with E-state index in [0.717, 1.165) is 4.90 Å². The molecule has 90 valence electrons. The summed E-state index contributed by atoms with van der Waals surface area (Å²) in [6.45, 7) is 0.596. The standard InChI is InChI=1S/C9H13F3N4/c1-6-14-7(13-2)4-8(15-6)16(3)5-9(10,11)12/h4H,5H2,1-3H3,(H,13,14,15). The highest BCUT2D eigenvalue weighted by Gasteiger charge is 2.29. The summed E-state index contributed by atoms with van der Waals surface area (Å²) in [5.74, 6) is 1.17. The Bertz CT molecular complexity index is 364. The molecule has 0 aliphatic rings. The van der Waals surface area contributed by atoms with E-state index in [1.165, 1.54) is 13.1 Å². The molecule has 0 unspecified atom stereocenters. The lowest BCUT2D eigenvalue weighted by Gasteiger charge is -2.20. The van der Waals surface area contributed by atoms with Crippen LogP contribution in [0.3, 0.4) is 0 Å². The van der Waals surface area contributed by atoms with Crippen LogP contribution in [0.2, 0.25) is 0 Å². The van der Waals surface area contributed by atoms with Gasteiger partial charge in [-0.1, -0.05) is 0 Å². The lowest BCUT2D eigenvalue weighted by molar-refractivity contribution is -0.119. The van der Waals surface area contributed by atoms with Crippen LogP contribution in [0, 0.1) is 6.92 Å². The van der Waals surface area contributed by atoms with E-state index in [9.17, 15) is 13.2 Å². The molecular formula is C9H13F3N4. The molecule has 1 aromatic heterocycles. The van der Waals surface area contributed by atoms with E-state index in [-0.39, 0.29) is 5.82 Å². The molecule has 0 bridgehead atoms. The van der Waals surface area contributed by atoms with E-state index < -0.39 is 12.7 Å². The van der Waals surface area contributed by atoms with Gasteiger partial charge in [0.2, 0.25) is 0 Å². The molecule has 0 aliphatic heterocycles. The molecule has 1 N–H and O–H groups in total. The molecule has 0 amide bonds. The van der Waals surface area contributed by atoms with Crippen LogP contribution in [0.5, 0.6) is 0 Å². The molecule has 0 aliphatic carbocycles. The number of nitrogens with one attached hydrogen (secondary N) is 1. The average Bonchev–Trinajstić information content (AvgIpc) is 2.14. The van der Waals surface area contributed by atoms with Crippen molar-refractivity contribution < 1.29 is 13.2 Å². The van der Waals surface area contributed by atoms with Crippen molar-refractivity contribution >= 4 is 11.6 Å². The van der Waals surface area contributed by atoms with Crippen molar-refractivity contribution in [1.82, 2.24) is 9.97 Å². The van der Waals surface area contributed by atoms with Crippen molar-refractivity contribution in [2.75, 3.05) is 30.9 Å². The van der Waals surface area contributed by atoms with Crippen LogP contribution < -0.4 is 10.2 Å². The van der Waals surface area contributed by atoms with Crippen molar-refractivity contribution in [3.63, 3.8) is 0 Å². The van der Waals surface area contributed by atoms with Crippen molar-refractivity contribution in [3.05, 3.63) is 11.9 Å². The molecule has 7 heteroatoms. The highest BCUT2D eigenvalue weighted by Crippen LogP contribution is 2.20. The number of aryl methyl sites for hydroxylation is 1. The number of rotatable bonds is 3. The fourth-order valence-electron chi connectivity index (χ4n) is 1.23. The molecule has 1 rings (SSSR count). The van der Waals surface area contributed by atoms with Gasteiger partial charge in [0.05, 0.1) is 0 Å². The predicted molar refractivity (Wildman–Crippen MR) is 55.6 cm³/mol. The summed E-state index contributed by atoms with van der Waals surface area (Å²) in [5, 5.41) is 2.77. The topological polar surface area (TPSA) is 41.0 Å². The van der Waals surface area contributed by atoms with Crippen LogP contribution in [0.25, 0.3) is 0 Å². The van der Waals surface area contributed by atoms with Crippen LogP contribution in [0.4, 0.5) is 24.8 Å². The summed E-state index contributed by atoms with van der Waals surface area (Å²) >= 11 is 0. The van der Waals surface area contributed by atoms with Gasteiger partial charge in [0.1, 0.15) is 24.0 Å². The molecule has 4 nitrogen and oxygen atoms in total. The fraction of sp³-hybridized carbons (Fsp3) is 0.556. The maximum absolute atomic E-state index is 12.2. The fourth-order valence-corrected chi connectivity index (χ4v) is 1.23. The molecule has 0 radical (unpaired) electrons. The summed E-state index contributed by atoms with van der Waals surface area (Å²) in [6, 6.07) is 1.47. The van der Waals surface area contributed by atoms with Crippen molar-refractivity contribution in [1.29, 1.82) is 0 Å². The number of alkyl halides is 3. The minimum Gasteiger partial charge on any atom is -0.373 e. The largest absolute Gasteiger partial charge is 0.405 e. The second-order valence-corrected chi connectivity index (χ2v) is 3.38. The van der Waals surface area contributed by atoms with Gasteiger partial charge >= 0.3 is 6.18 Å². The van der Waals surface area contributed by atoms with Gasteiger partial charge in [0, 0.05) is 20.2 Å². The SMILES string of the molecule is CNc1cc(N(C)CC(F)(F)F)nc(C)n1. The molecule has 0 saturated heterocycles. The van der Waals surface area contributed by atoms with E-state index in [4.69, 9.17) is 0 Å². The van der Waals surface area contributed by atoms with E-state index in [1.807, 2.05) is 0 Å². The lowest BCUT2D eigenvalue weighted by Crippen LogP contribution is -2.31. The Balaban J connectivity index is 2.90. The number of nitrogens with zero attached hydrogens (tertiary/aromatic N) is 3.